The summed E-state index contributed by atoms with van der Waals surface area (Å²) in [7, 11) is 5.06. The highest BCUT2D eigenvalue weighted by molar-refractivity contribution is 6.51. The number of likely N-dealkylation sites (N-methyl/N-ethyl adjacent to an activating group) is 1. The normalized spacial score (nSPS) is 19.4. The summed E-state index contributed by atoms with van der Waals surface area (Å²) in [6, 6.07) is 17.7. The molecule has 9 nitrogen and oxygen atoms in total. The van der Waals surface area contributed by atoms with Gasteiger partial charge in [-0.15, -0.1) is 0 Å². The van der Waals surface area contributed by atoms with Gasteiger partial charge < -0.3 is 29.5 Å². The van der Waals surface area contributed by atoms with Gasteiger partial charge in [-0.3, -0.25) is 14.5 Å². The number of hydrogen-bond donors (Lipinski definition) is 2. The lowest BCUT2D eigenvalue weighted by Gasteiger charge is -2.34. The number of aliphatic hydroxyl groups excluding tert-OH is 1. The van der Waals surface area contributed by atoms with Crippen LogP contribution >= 0.6 is 0 Å². The number of carbonyl (C=O) groups excluding carboxylic acids is 2. The highest BCUT2D eigenvalue weighted by atomic mass is 16.5. The molecule has 9 heteroatoms. The molecule has 2 fully saturated rings. The van der Waals surface area contributed by atoms with Gasteiger partial charge in [0.15, 0.2) is 0 Å². The molecule has 2 heterocycles. The van der Waals surface area contributed by atoms with E-state index in [2.05, 4.69) is 16.8 Å². The number of aliphatic hydroxyl groups is 1. The van der Waals surface area contributed by atoms with Crippen molar-refractivity contribution in [2.45, 2.75) is 6.04 Å². The molecule has 1 amide bonds. The number of phenolic OH excluding ortho intramolecular Hbond substituents is 1. The van der Waals surface area contributed by atoms with Gasteiger partial charge in [-0.25, -0.2) is 0 Å². The van der Waals surface area contributed by atoms with E-state index in [-0.39, 0.29) is 22.6 Å². The molecular weight excluding hydrogens is 498 g/mol. The molecule has 0 saturated carbocycles. The van der Waals surface area contributed by atoms with E-state index >= 15 is 0 Å². The first-order valence-corrected chi connectivity index (χ1v) is 12.7. The lowest BCUT2D eigenvalue weighted by atomic mass is 9.94. The summed E-state index contributed by atoms with van der Waals surface area (Å²) in [6.45, 7) is 3.73. The molecule has 0 aliphatic carbocycles. The zero-order valence-electron chi connectivity index (χ0n) is 22.1. The summed E-state index contributed by atoms with van der Waals surface area (Å²) >= 11 is 0. The second-order valence-electron chi connectivity index (χ2n) is 9.63. The molecule has 1 atom stereocenters. The number of anilines is 2. The molecule has 2 N–H and O–H groups in total. The van der Waals surface area contributed by atoms with E-state index in [1.54, 1.807) is 30.3 Å². The van der Waals surface area contributed by atoms with Crippen LogP contribution in [0.3, 0.4) is 0 Å². The Morgan fingerprint density at radius 2 is 1.49 bits per heavy atom. The number of ether oxygens (including phenoxy) is 2. The minimum Gasteiger partial charge on any atom is -0.508 e. The van der Waals surface area contributed by atoms with Crippen LogP contribution in [0, 0.1) is 0 Å². The van der Waals surface area contributed by atoms with E-state index < -0.39 is 17.7 Å². The minimum atomic E-state index is -0.924. The molecule has 3 aromatic carbocycles. The fourth-order valence-electron chi connectivity index (χ4n) is 5.10. The van der Waals surface area contributed by atoms with Crippen molar-refractivity contribution in [3.8, 4) is 17.2 Å². The van der Waals surface area contributed by atoms with Crippen molar-refractivity contribution in [2.75, 3.05) is 57.2 Å². The molecule has 202 valence electrons. The van der Waals surface area contributed by atoms with E-state index in [9.17, 15) is 19.8 Å². The second-order valence-corrected chi connectivity index (χ2v) is 9.63. The average Bonchev–Trinajstić information content (AvgIpc) is 3.23. The van der Waals surface area contributed by atoms with Crippen molar-refractivity contribution in [1.82, 2.24) is 4.90 Å². The smallest absolute Gasteiger partial charge is 0.300 e. The Morgan fingerprint density at radius 3 is 2.10 bits per heavy atom. The lowest BCUT2D eigenvalue weighted by Crippen LogP contribution is -2.44. The van der Waals surface area contributed by atoms with Crippen LogP contribution in [0.2, 0.25) is 0 Å². The number of benzene rings is 3. The number of piperazine rings is 1. The molecule has 1 unspecified atom stereocenters. The third-order valence-corrected chi connectivity index (χ3v) is 7.31. The van der Waals surface area contributed by atoms with Gasteiger partial charge in [-0.2, -0.15) is 0 Å². The molecule has 2 saturated heterocycles. The number of aromatic hydroxyl groups is 1. The van der Waals surface area contributed by atoms with E-state index in [4.69, 9.17) is 9.47 Å². The predicted octanol–water partition coefficient (Wildman–Crippen LogP) is 3.79. The number of ketones is 1. The van der Waals surface area contributed by atoms with Gasteiger partial charge in [0.1, 0.15) is 23.0 Å². The third-order valence-electron chi connectivity index (χ3n) is 7.31. The van der Waals surface area contributed by atoms with Crippen molar-refractivity contribution < 1.29 is 29.3 Å². The van der Waals surface area contributed by atoms with Crippen LogP contribution < -0.4 is 19.3 Å². The number of nitrogens with zero attached hydrogens (tertiary/aromatic N) is 3. The van der Waals surface area contributed by atoms with Crippen LogP contribution in [0.15, 0.2) is 72.3 Å². The molecule has 2 aliphatic rings. The summed E-state index contributed by atoms with van der Waals surface area (Å²) < 4.78 is 10.7. The van der Waals surface area contributed by atoms with Gasteiger partial charge in [0.25, 0.3) is 11.7 Å². The Bertz CT molecular complexity index is 1410. The number of amides is 1. The minimum absolute atomic E-state index is 0.0454. The first-order chi connectivity index (χ1) is 18.8. The van der Waals surface area contributed by atoms with E-state index in [1.165, 1.54) is 31.3 Å². The number of carbonyl (C=O) groups is 2. The first-order valence-electron chi connectivity index (χ1n) is 12.7. The summed E-state index contributed by atoms with van der Waals surface area (Å²) in [5, 5.41) is 21.4. The third kappa shape index (κ3) is 4.88. The van der Waals surface area contributed by atoms with Crippen LogP contribution in [0.1, 0.15) is 17.2 Å². The quantitative estimate of drug-likeness (QED) is 0.283. The van der Waals surface area contributed by atoms with Crippen LogP contribution in [-0.2, 0) is 9.59 Å². The van der Waals surface area contributed by atoms with Gasteiger partial charge in [-0.05, 0) is 61.1 Å². The molecule has 0 bridgehead atoms. The molecular formula is C30H31N3O6. The topological polar surface area (TPSA) is 103 Å². The molecule has 3 aromatic rings. The van der Waals surface area contributed by atoms with E-state index in [0.29, 0.717) is 22.7 Å². The summed E-state index contributed by atoms with van der Waals surface area (Å²) in [4.78, 5) is 32.9. The van der Waals surface area contributed by atoms with Gasteiger partial charge >= 0.3 is 0 Å². The Morgan fingerprint density at radius 1 is 0.846 bits per heavy atom. The lowest BCUT2D eigenvalue weighted by molar-refractivity contribution is -0.132. The maximum Gasteiger partial charge on any atom is 0.300 e. The molecule has 5 rings (SSSR count). The number of rotatable bonds is 6. The maximum atomic E-state index is 13.5. The zero-order chi connectivity index (χ0) is 27.7. The summed E-state index contributed by atoms with van der Waals surface area (Å²) in [6.07, 6.45) is 0. The van der Waals surface area contributed by atoms with Gasteiger partial charge in [0.05, 0.1) is 31.4 Å². The van der Waals surface area contributed by atoms with Crippen LogP contribution in [-0.4, -0.2) is 74.2 Å². The molecule has 39 heavy (non-hydrogen) atoms. The van der Waals surface area contributed by atoms with Crippen LogP contribution in [0.5, 0.6) is 17.2 Å². The van der Waals surface area contributed by atoms with Crippen LogP contribution in [0.4, 0.5) is 11.4 Å². The summed E-state index contributed by atoms with van der Waals surface area (Å²) in [5.41, 5.74) is 2.30. The predicted molar refractivity (Wildman–Crippen MR) is 149 cm³/mol. The Hall–Kier alpha value is -4.50. The monoisotopic (exact) mass is 529 g/mol. The Labute approximate surface area is 227 Å². The Balaban J connectivity index is 1.60. The van der Waals surface area contributed by atoms with Crippen LogP contribution in [0.25, 0.3) is 5.76 Å². The Kier molecular flexibility index (Phi) is 7.17. The van der Waals surface area contributed by atoms with Crippen molar-refractivity contribution in [3.63, 3.8) is 0 Å². The largest absolute Gasteiger partial charge is 0.508 e. The SMILES string of the molecule is COc1ccc(/C(O)=C2/C(=O)C(=O)N(c3ccc(N4CCN(C)CC4)cc3)C2c2ccc(O)cc2)c(OC)c1. The zero-order valence-corrected chi connectivity index (χ0v) is 22.1. The first kappa shape index (κ1) is 26.1. The highest BCUT2D eigenvalue weighted by Gasteiger charge is 2.47. The number of methoxy groups -OCH3 is 2. The van der Waals surface area contributed by atoms with Crippen molar-refractivity contribution in [1.29, 1.82) is 0 Å². The highest BCUT2D eigenvalue weighted by Crippen LogP contribution is 2.44. The van der Waals surface area contributed by atoms with Crippen molar-refractivity contribution in [3.05, 3.63) is 83.4 Å². The van der Waals surface area contributed by atoms with Crippen molar-refractivity contribution >= 4 is 28.8 Å². The van der Waals surface area contributed by atoms with Crippen molar-refractivity contribution in [2.24, 2.45) is 0 Å². The average molecular weight is 530 g/mol. The fourth-order valence-corrected chi connectivity index (χ4v) is 5.10. The molecule has 2 aliphatic heterocycles. The van der Waals surface area contributed by atoms with E-state index in [1.807, 2.05) is 24.3 Å². The second kappa shape index (κ2) is 10.7. The van der Waals surface area contributed by atoms with Gasteiger partial charge in [-0.1, -0.05) is 12.1 Å². The molecule has 0 radical (unpaired) electrons. The number of hydrogen-bond acceptors (Lipinski definition) is 8. The standard InChI is InChI=1S/C30H31N3O6/c1-31-14-16-32(17-15-31)20-6-8-21(9-7-20)33-27(19-4-10-22(34)11-5-19)26(29(36)30(33)37)28(35)24-13-12-23(38-2)18-25(24)39-3/h4-13,18,27,34-35H,14-17H2,1-3H3/b28-26-. The summed E-state index contributed by atoms with van der Waals surface area (Å²) in [5.74, 6) is -1.08. The fraction of sp³-hybridized carbons (Fsp3) is 0.267. The van der Waals surface area contributed by atoms with E-state index in [0.717, 1.165) is 31.9 Å². The number of phenols is 1. The maximum absolute atomic E-state index is 13.5. The van der Waals surface area contributed by atoms with Gasteiger partial charge in [0.2, 0.25) is 0 Å². The number of Topliss-reactive ketones (excluding diaryl/α,β-unsaturated/α-hetero) is 1. The molecule has 0 aromatic heterocycles. The molecule has 0 spiro atoms. The van der Waals surface area contributed by atoms with Gasteiger partial charge in [0, 0.05) is 43.6 Å².